The second-order valence-corrected chi connectivity index (χ2v) is 28.8. The van der Waals surface area contributed by atoms with Gasteiger partial charge in [0, 0.05) is 182 Å². The molecule has 15 aromatic carbocycles. The van der Waals surface area contributed by atoms with Crippen LogP contribution in [0.1, 0.15) is 0 Å². The number of rotatable bonds is 10. The van der Waals surface area contributed by atoms with Crippen LogP contribution >= 0.6 is 0 Å². The first-order valence-corrected chi connectivity index (χ1v) is 38.2. The van der Waals surface area contributed by atoms with Crippen LogP contribution in [-0.4, -0.2) is 60.2 Å². The number of benzene rings is 15. The van der Waals surface area contributed by atoms with Gasteiger partial charge in [-0.15, -0.1) is 0 Å². The summed E-state index contributed by atoms with van der Waals surface area (Å²) in [6.07, 6.45) is 17.9. The van der Waals surface area contributed by atoms with Crippen molar-refractivity contribution in [2.75, 3.05) is 59.7 Å². The van der Waals surface area contributed by atoms with E-state index >= 15 is 0 Å². The molecule has 0 aliphatic heterocycles. The Balaban J connectivity index is 0.000000113. The molecule has 20 rings (SSSR count). The number of aromatic nitrogens is 5. The van der Waals surface area contributed by atoms with E-state index in [-0.39, 0.29) is 23.0 Å². The minimum atomic E-state index is -2.18. The molecule has 602 valence electrons. The summed E-state index contributed by atoms with van der Waals surface area (Å²) in [4.78, 5) is 28.9. The SMILES string of the molecule is CN(c1ccc(F)cc1)c1ccc2c(ccc3ccncc32)c1.CN(c1ccc2c(ccc3ccncc32)c1)c1c(F)c(F)c(F)c(F)c1F.CN(c1ccc2c(ccc3ccncc32)c1)c1c(F)cc(F)cc1F.CN(c1ccc2c(ccc3ccncc32)c1)c1ccc(F)cc1F.CN(c1cccc(F)c1)c1ccc2c(ccc3ccncc32)c1. The van der Waals surface area contributed by atoms with Gasteiger partial charge in [0.25, 0.3) is 0 Å². The van der Waals surface area contributed by atoms with E-state index in [1.807, 2.05) is 152 Å². The lowest BCUT2D eigenvalue weighted by Crippen LogP contribution is -2.16. The minimum absolute atomic E-state index is 0.223. The topological polar surface area (TPSA) is 80.7 Å². The van der Waals surface area contributed by atoms with Gasteiger partial charge >= 0.3 is 0 Å². The van der Waals surface area contributed by atoms with E-state index in [1.54, 1.807) is 98.6 Å². The standard InChI is InChI=1S/C20H11F5N2.C20H13F3N2.C20H14F2N2.2C20H15FN2/c1-27(20-18(24)16(22)15(21)17(23)19(20)25)12-4-5-13-11(8-12)3-2-10-6-7-26-9-14(10)13;1-25(20-18(22)9-14(21)10-19(20)23)15-4-5-16-13(8-15)3-2-12-6-7-24-11-17(12)16;1-24(20-7-4-15(21)11-19(20)22)16-5-6-17-14(10-16)3-2-13-8-9-23-12-18(13)17;1-23(17-6-4-16(21)5-7-17)18-8-9-19-15(12-18)3-2-14-10-11-22-13-20(14)19;1-23(17-4-2-3-16(21)12-17)18-7-8-19-15(11-18)6-5-14-9-10-22-13-20(14)19/h2-9H,1H3;2-11H,1H3;2-12H,1H3;2*2-13H,1H3. The first-order chi connectivity index (χ1) is 59.0. The van der Waals surface area contributed by atoms with Crippen LogP contribution in [0.15, 0.2) is 323 Å². The Morgan fingerprint density at radius 2 is 0.467 bits per heavy atom. The predicted molar refractivity (Wildman–Crippen MR) is 468 cm³/mol. The molecule has 0 aliphatic carbocycles. The maximum Gasteiger partial charge on any atom is 0.200 e. The van der Waals surface area contributed by atoms with E-state index in [2.05, 4.69) is 85.6 Å². The fraction of sp³-hybridized carbons (Fsp3) is 0.0500. The highest BCUT2D eigenvalue weighted by molar-refractivity contribution is 6.12. The van der Waals surface area contributed by atoms with Gasteiger partial charge in [0.1, 0.15) is 40.5 Å². The van der Waals surface area contributed by atoms with Crippen LogP contribution in [0.4, 0.5) is 110 Å². The molecule has 0 spiro atoms. The van der Waals surface area contributed by atoms with Gasteiger partial charge in [-0.05, 0) is 226 Å². The largest absolute Gasteiger partial charge is 0.345 e. The molecule has 0 N–H and O–H groups in total. The second kappa shape index (κ2) is 34.4. The quantitative estimate of drug-likeness (QED) is 0.0572. The maximum atomic E-state index is 14.1. The number of hydrogen-bond donors (Lipinski definition) is 0. The molecule has 20 aromatic rings. The van der Waals surface area contributed by atoms with Crippen LogP contribution < -0.4 is 24.5 Å². The third-order valence-electron chi connectivity index (χ3n) is 21.6. The van der Waals surface area contributed by atoms with Crippen molar-refractivity contribution in [1.29, 1.82) is 0 Å². The summed E-state index contributed by atoms with van der Waals surface area (Å²) in [6.45, 7) is 0. The summed E-state index contributed by atoms with van der Waals surface area (Å²) in [7, 11) is 8.47. The Bertz CT molecular complexity index is 7360. The number of pyridine rings is 5. The Morgan fingerprint density at radius 3 is 0.820 bits per heavy atom. The van der Waals surface area contributed by atoms with Crippen molar-refractivity contribution in [2.45, 2.75) is 0 Å². The summed E-state index contributed by atoms with van der Waals surface area (Å²) < 4.78 is 163. The number of fused-ring (bicyclic) bond motifs is 15. The van der Waals surface area contributed by atoms with Gasteiger partial charge in [0.2, 0.25) is 5.82 Å². The normalized spacial score (nSPS) is 11.2. The predicted octanol–water partition coefficient (Wildman–Crippen LogP) is 27.4. The molecule has 22 heteroatoms. The zero-order valence-electron chi connectivity index (χ0n) is 65.6. The molecule has 122 heavy (non-hydrogen) atoms. The van der Waals surface area contributed by atoms with E-state index in [9.17, 15) is 52.7 Å². The van der Waals surface area contributed by atoms with Crippen molar-refractivity contribution in [3.05, 3.63) is 393 Å². The molecule has 0 bridgehead atoms. The molecule has 5 heterocycles. The average Bonchev–Trinajstić information content (AvgIpc) is 0.774. The van der Waals surface area contributed by atoms with Crippen LogP contribution in [0.3, 0.4) is 0 Å². The number of nitrogens with zero attached hydrogens (tertiary/aromatic N) is 10. The third kappa shape index (κ3) is 16.4. The Kier molecular flexibility index (Phi) is 22.7. The lowest BCUT2D eigenvalue weighted by Gasteiger charge is -2.22. The summed E-state index contributed by atoms with van der Waals surface area (Å²) in [6, 6.07) is 76.9. The Morgan fingerprint density at radius 1 is 0.189 bits per heavy atom. The van der Waals surface area contributed by atoms with E-state index in [1.165, 1.54) is 69.9 Å². The molecule has 0 aliphatic rings. The first kappa shape index (κ1) is 80.6. The van der Waals surface area contributed by atoms with Gasteiger partial charge in [0.05, 0.1) is 5.69 Å². The fourth-order valence-corrected chi connectivity index (χ4v) is 15.0. The fourth-order valence-electron chi connectivity index (χ4n) is 15.0. The molecule has 5 aromatic heterocycles. The van der Waals surface area contributed by atoms with E-state index in [0.717, 1.165) is 126 Å². The van der Waals surface area contributed by atoms with Crippen molar-refractivity contribution in [3.63, 3.8) is 0 Å². The average molecular weight is 1640 g/mol. The second-order valence-electron chi connectivity index (χ2n) is 28.8. The van der Waals surface area contributed by atoms with Gasteiger partial charge in [-0.3, -0.25) is 24.9 Å². The zero-order chi connectivity index (χ0) is 85.1. The monoisotopic (exact) mass is 1640 g/mol. The van der Waals surface area contributed by atoms with E-state index in [0.29, 0.717) is 23.5 Å². The molecular formula is C100H68F12N10. The molecule has 0 atom stereocenters. The highest BCUT2D eigenvalue weighted by Crippen LogP contribution is 2.41. The molecule has 0 unspecified atom stereocenters. The number of anilines is 10. The molecule has 0 saturated heterocycles. The maximum absolute atomic E-state index is 14.1. The molecular weight excluding hydrogens is 1570 g/mol. The van der Waals surface area contributed by atoms with Crippen molar-refractivity contribution in [2.24, 2.45) is 0 Å². The van der Waals surface area contributed by atoms with Crippen LogP contribution in [0.5, 0.6) is 0 Å². The molecule has 0 fully saturated rings. The summed E-state index contributed by atoms with van der Waals surface area (Å²) >= 11 is 0. The van der Waals surface area contributed by atoms with Crippen molar-refractivity contribution in [1.82, 2.24) is 24.9 Å². The van der Waals surface area contributed by atoms with Crippen molar-refractivity contribution < 1.29 is 52.7 Å². The van der Waals surface area contributed by atoms with Gasteiger partial charge in [0.15, 0.2) is 34.9 Å². The van der Waals surface area contributed by atoms with E-state index < -0.39 is 63.9 Å². The highest BCUT2D eigenvalue weighted by Gasteiger charge is 2.29. The minimum Gasteiger partial charge on any atom is -0.345 e. The first-order valence-electron chi connectivity index (χ1n) is 38.2. The van der Waals surface area contributed by atoms with Crippen molar-refractivity contribution in [3.8, 4) is 0 Å². The smallest absolute Gasteiger partial charge is 0.200 e. The lowest BCUT2D eigenvalue weighted by molar-refractivity contribution is 0.380. The van der Waals surface area contributed by atoms with Crippen LogP contribution in [0.25, 0.3) is 108 Å². The van der Waals surface area contributed by atoms with Gasteiger partial charge in [-0.25, -0.2) is 52.7 Å². The lowest BCUT2D eigenvalue weighted by atomic mass is 10.0. The summed E-state index contributed by atoms with van der Waals surface area (Å²) in [5.74, 6) is -14.3. The summed E-state index contributed by atoms with van der Waals surface area (Å²) in [5.41, 5.74) is 4.60. The third-order valence-corrected chi connectivity index (χ3v) is 21.6. The Hall–Kier alpha value is -15.2. The van der Waals surface area contributed by atoms with Crippen LogP contribution in [0.2, 0.25) is 0 Å². The molecule has 0 radical (unpaired) electrons. The van der Waals surface area contributed by atoms with Crippen LogP contribution in [0, 0.1) is 69.8 Å². The van der Waals surface area contributed by atoms with Gasteiger partial charge in [-0.1, -0.05) is 97.1 Å². The number of hydrogen-bond acceptors (Lipinski definition) is 10. The highest BCUT2D eigenvalue weighted by atomic mass is 19.2. The molecule has 0 saturated carbocycles. The Labute approximate surface area is 690 Å². The van der Waals surface area contributed by atoms with Gasteiger partial charge in [-0.2, -0.15) is 0 Å². The molecule has 0 amide bonds. The zero-order valence-corrected chi connectivity index (χ0v) is 65.6. The number of halogens is 12. The van der Waals surface area contributed by atoms with E-state index in [4.69, 9.17) is 0 Å². The van der Waals surface area contributed by atoms with Crippen molar-refractivity contribution >= 4 is 165 Å². The van der Waals surface area contributed by atoms with Crippen LogP contribution in [-0.2, 0) is 0 Å². The molecule has 10 nitrogen and oxygen atoms in total. The van der Waals surface area contributed by atoms with Gasteiger partial charge < -0.3 is 24.5 Å². The summed E-state index contributed by atoms with van der Waals surface area (Å²) in [5, 5.41) is 21.1.